The van der Waals surface area contributed by atoms with E-state index in [-0.39, 0.29) is 0 Å². The molecule has 0 atom stereocenters. The molecule has 0 aliphatic rings. The van der Waals surface area contributed by atoms with Crippen molar-refractivity contribution >= 4 is 75.2 Å². The summed E-state index contributed by atoms with van der Waals surface area (Å²) in [5.74, 6) is 0.605. The van der Waals surface area contributed by atoms with Crippen LogP contribution in [0.2, 0.25) is 20.1 Å². The van der Waals surface area contributed by atoms with E-state index < -0.39 is 0 Å². The first-order valence-corrected chi connectivity index (χ1v) is 11.7. The molecule has 170 valence electrons. The van der Waals surface area contributed by atoms with E-state index in [1.54, 1.807) is 35.1 Å². The van der Waals surface area contributed by atoms with Crippen LogP contribution in [0.15, 0.2) is 54.9 Å². The number of thiocarbonyl (C=S) groups is 1. The number of anilines is 2. The maximum atomic E-state index is 6.29. The van der Waals surface area contributed by atoms with Crippen molar-refractivity contribution in [3.63, 3.8) is 0 Å². The summed E-state index contributed by atoms with van der Waals surface area (Å²) in [7, 11) is 0. The van der Waals surface area contributed by atoms with Gasteiger partial charge in [0, 0.05) is 43.6 Å². The molecule has 11 heteroatoms. The summed E-state index contributed by atoms with van der Waals surface area (Å²) in [4.78, 5) is 0. The van der Waals surface area contributed by atoms with Gasteiger partial charge in [0.25, 0.3) is 0 Å². The smallest absolute Gasteiger partial charge is 0.176 e. The first-order chi connectivity index (χ1) is 15.8. The van der Waals surface area contributed by atoms with Gasteiger partial charge in [0.2, 0.25) is 0 Å². The van der Waals surface area contributed by atoms with Crippen molar-refractivity contribution in [3.05, 3.63) is 91.8 Å². The number of benzene rings is 2. The lowest BCUT2D eigenvalue weighted by Gasteiger charge is -2.09. The summed E-state index contributed by atoms with van der Waals surface area (Å²) < 4.78 is 3.57. The molecule has 4 aromatic rings. The van der Waals surface area contributed by atoms with Gasteiger partial charge in [-0.05, 0) is 49.0 Å². The molecule has 0 unspecified atom stereocenters. The molecule has 33 heavy (non-hydrogen) atoms. The largest absolute Gasteiger partial charge is 0.330 e. The van der Waals surface area contributed by atoms with E-state index in [0.717, 1.165) is 22.5 Å². The van der Waals surface area contributed by atoms with Crippen molar-refractivity contribution in [2.75, 3.05) is 10.6 Å². The van der Waals surface area contributed by atoms with Crippen LogP contribution in [0.4, 0.5) is 11.5 Å². The van der Waals surface area contributed by atoms with Crippen molar-refractivity contribution in [2.24, 2.45) is 0 Å². The van der Waals surface area contributed by atoms with E-state index >= 15 is 0 Å². The highest BCUT2D eigenvalue weighted by Gasteiger charge is 2.12. The maximum absolute atomic E-state index is 6.29. The second-order valence-corrected chi connectivity index (χ2v) is 9.34. The maximum Gasteiger partial charge on any atom is 0.176 e. The lowest BCUT2D eigenvalue weighted by molar-refractivity contribution is 0.668. The Morgan fingerprint density at radius 2 is 1.73 bits per heavy atom. The van der Waals surface area contributed by atoms with Crippen LogP contribution in [0.3, 0.4) is 0 Å². The summed E-state index contributed by atoms with van der Waals surface area (Å²) in [5.41, 5.74) is 3.39. The fraction of sp³-hybridized carbons (Fsp3) is 0.136. The fourth-order valence-electron chi connectivity index (χ4n) is 3.18. The van der Waals surface area contributed by atoms with Gasteiger partial charge in [0.15, 0.2) is 10.9 Å². The van der Waals surface area contributed by atoms with Gasteiger partial charge in [0.05, 0.1) is 25.0 Å². The Labute approximate surface area is 216 Å². The Hall–Kier alpha value is -2.29. The average Bonchev–Trinajstić information content (AvgIpc) is 3.32. The number of aromatic nitrogens is 4. The van der Waals surface area contributed by atoms with Gasteiger partial charge in [-0.2, -0.15) is 10.2 Å². The van der Waals surface area contributed by atoms with Crippen molar-refractivity contribution in [2.45, 2.75) is 20.0 Å². The summed E-state index contributed by atoms with van der Waals surface area (Å²) >= 11 is 30.2. The third-order valence-corrected chi connectivity index (χ3v) is 6.33. The van der Waals surface area contributed by atoms with Gasteiger partial charge in [-0.15, -0.1) is 0 Å². The minimum Gasteiger partial charge on any atom is -0.330 e. The first kappa shape index (κ1) is 23.9. The van der Waals surface area contributed by atoms with Crippen LogP contribution in [-0.4, -0.2) is 24.7 Å². The van der Waals surface area contributed by atoms with E-state index in [1.165, 1.54) is 0 Å². The van der Waals surface area contributed by atoms with Gasteiger partial charge in [-0.1, -0.05) is 58.5 Å². The number of aryl methyl sites for hydroxylation is 1. The predicted octanol–water partition coefficient (Wildman–Crippen LogP) is 6.91. The number of rotatable bonds is 6. The molecule has 0 amide bonds. The number of nitrogens with one attached hydrogen (secondary N) is 2. The second-order valence-electron chi connectivity index (χ2n) is 7.27. The molecule has 2 N–H and O–H groups in total. The molecule has 0 spiro atoms. The molecule has 0 aliphatic heterocycles. The fourth-order valence-corrected chi connectivity index (χ4v) is 4.39. The van der Waals surface area contributed by atoms with Gasteiger partial charge >= 0.3 is 0 Å². The van der Waals surface area contributed by atoms with Crippen molar-refractivity contribution in [3.8, 4) is 0 Å². The van der Waals surface area contributed by atoms with E-state index in [1.807, 2.05) is 36.0 Å². The normalized spacial score (nSPS) is 10.9. The summed E-state index contributed by atoms with van der Waals surface area (Å²) in [5, 5.41) is 17.9. The summed E-state index contributed by atoms with van der Waals surface area (Å²) in [6.45, 7) is 2.91. The van der Waals surface area contributed by atoms with Crippen LogP contribution in [0.5, 0.6) is 0 Å². The molecule has 6 nitrogen and oxygen atoms in total. The van der Waals surface area contributed by atoms with Crippen molar-refractivity contribution in [1.29, 1.82) is 0 Å². The predicted molar refractivity (Wildman–Crippen MR) is 140 cm³/mol. The molecule has 2 aromatic heterocycles. The Bertz CT molecular complexity index is 1300. The zero-order chi connectivity index (χ0) is 23.5. The second kappa shape index (κ2) is 10.3. The zero-order valence-electron chi connectivity index (χ0n) is 17.3. The van der Waals surface area contributed by atoms with E-state index in [4.69, 9.17) is 58.6 Å². The molecule has 0 radical (unpaired) electrons. The Morgan fingerprint density at radius 3 is 2.45 bits per heavy atom. The molecule has 2 aromatic carbocycles. The highest BCUT2D eigenvalue weighted by atomic mass is 35.5. The van der Waals surface area contributed by atoms with Crippen molar-refractivity contribution < 1.29 is 0 Å². The lowest BCUT2D eigenvalue weighted by Crippen LogP contribution is -2.19. The van der Waals surface area contributed by atoms with Crippen LogP contribution in [0, 0.1) is 6.92 Å². The number of hydrogen-bond acceptors (Lipinski definition) is 3. The Morgan fingerprint density at radius 1 is 0.970 bits per heavy atom. The van der Waals surface area contributed by atoms with Crippen LogP contribution >= 0.6 is 58.6 Å². The van der Waals surface area contributed by atoms with E-state index in [2.05, 4.69) is 20.8 Å². The van der Waals surface area contributed by atoms with Gasteiger partial charge < -0.3 is 10.6 Å². The van der Waals surface area contributed by atoms with Crippen LogP contribution < -0.4 is 10.6 Å². The van der Waals surface area contributed by atoms with Gasteiger partial charge in [-0.25, -0.2) is 0 Å². The molecule has 0 fully saturated rings. The summed E-state index contributed by atoms with van der Waals surface area (Å²) in [6.07, 6.45) is 3.52. The highest BCUT2D eigenvalue weighted by molar-refractivity contribution is 7.80. The monoisotopic (exact) mass is 538 g/mol. The molecule has 0 saturated carbocycles. The zero-order valence-corrected chi connectivity index (χ0v) is 21.2. The summed E-state index contributed by atoms with van der Waals surface area (Å²) in [6, 6.07) is 12.7. The van der Waals surface area contributed by atoms with Crippen molar-refractivity contribution in [1.82, 2.24) is 19.6 Å². The molecule has 2 heterocycles. The SMILES string of the molecule is Cc1cc(NC(=S)Nc2cnn(Cc3ccc(Cl)cc3Cl)c2)nn1Cc1c(Cl)cccc1Cl. The van der Waals surface area contributed by atoms with Gasteiger partial charge in [0.1, 0.15) is 0 Å². The third kappa shape index (κ3) is 5.99. The molecule has 4 rings (SSSR count). The number of hydrogen-bond donors (Lipinski definition) is 2. The molecule has 0 aliphatic carbocycles. The topological polar surface area (TPSA) is 59.7 Å². The van der Waals surface area contributed by atoms with Gasteiger partial charge in [-0.3, -0.25) is 9.36 Å². The standard InChI is InChI=1S/C22H18Cl4N6S/c1-13-7-21(30-32(13)12-17-18(24)3-2-4-19(17)25)29-22(33)28-16-9-27-31(11-16)10-14-5-6-15(23)8-20(14)26/h2-9,11H,10,12H2,1H3,(H2,28,29,30,33). The van der Waals surface area contributed by atoms with Crippen LogP contribution in [-0.2, 0) is 13.1 Å². The number of nitrogens with zero attached hydrogens (tertiary/aromatic N) is 4. The third-order valence-electron chi connectivity index (χ3n) is 4.83. The lowest BCUT2D eigenvalue weighted by atomic mass is 10.2. The molecule has 0 saturated heterocycles. The quantitative estimate of drug-likeness (QED) is 0.261. The Balaban J connectivity index is 1.38. The minimum atomic E-state index is 0.388. The highest BCUT2D eigenvalue weighted by Crippen LogP contribution is 2.26. The molecule has 0 bridgehead atoms. The Kier molecular flexibility index (Phi) is 7.46. The van der Waals surface area contributed by atoms with Crippen LogP contribution in [0.1, 0.15) is 16.8 Å². The average molecular weight is 540 g/mol. The number of halogens is 4. The van der Waals surface area contributed by atoms with Crippen LogP contribution in [0.25, 0.3) is 0 Å². The molecular weight excluding hydrogens is 522 g/mol. The minimum absolute atomic E-state index is 0.388. The first-order valence-electron chi connectivity index (χ1n) is 9.80. The molecular formula is C22H18Cl4N6S. The van der Waals surface area contributed by atoms with E-state index in [0.29, 0.717) is 44.1 Å². The van der Waals surface area contributed by atoms with E-state index in [9.17, 15) is 0 Å².